The summed E-state index contributed by atoms with van der Waals surface area (Å²) in [5.74, 6) is 0.819. The number of hydrogen-bond donors (Lipinski definition) is 0. The standard InChI is InChI=1S/C20H21ClN2O/c1-14(17-7-5-4-6-8-17)23-15(2)22-20(3,19(23)24)13-16-9-11-18(21)12-10-16/h4-12,14H,13H2,1-3H3. The van der Waals surface area contributed by atoms with Crippen LogP contribution in [0.25, 0.3) is 0 Å². The molecule has 0 N–H and O–H groups in total. The second-order valence-electron chi connectivity index (χ2n) is 6.50. The molecule has 0 aliphatic carbocycles. The van der Waals surface area contributed by atoms with Crippen LogP contribution in [-0.4, -0.2) is 22.2 Å². The van der Waals surface area contributed by atoms with Crippen molar-refractivity contribution in [1.29, 1.82) is 0 Å². The van der Waals surface area contributed by atoms with Crippen molar-refractivity contribution in [3.8, 4) is 0 Å². The molecule has 1 amide bonds. The summed E-state index contributed by atoms with van der Waals surface area (Å²) in [4.78, 5) is 19.6. The number of amides is 1. The zero-order valence-electron chi connectivity index (χ0n) is 14.2. The monoisotopic (exact) mass is 340 g/mol. The van der Waals surface area contributed by atoms with Gasteiger partial charge in [-0.25, -0.2) is 0 Å². The molecule has 0 saturated carbocycles. The minimum atomic E-state index is -0.763. The Hall–Kier alpha value is -2.13. The molecule has 3 rings (SSSR count). The van der Waals surface area contributed by atoms with Crippen LogP contribution in [0.5, 0.6) is 0 Å². The fraction of sp³-hybridized carbons (Fsp3) is 0.300. The van der Waals surface area contributed by atoms with Gasteiger partial charge in [0, 0.05) is 11.4 Å². The predicted octanol–water partition coefficient (Wildman–Crippen LogP) is 4.66. The Morgan fingerprint density at radius 2 is 1.75 bits per heavy atom. The molecule has 2 unspecified atom stereocenters. The Balaban J connectivity index is 1.85. The molecule has 0 aromatic heterocycles. The van der Waals surface area contributed by atoms with Gasteiger partial charge in [0.05, 0.1) is 6.04 Å². The molecule has 1 heterocycles. The lowest BCUT2D eigenvalue weighted by atomic mass is 9.92. The van der Waals surface area contributed by atoms with E-state index < -0.39 is 5.54 Å². The second kappa shape index (κ2) is 6.40. The highest BCUT2D eigenvalue weighted by atomic mass is 35.5. The molecule has 2 atom stereocenters. The number of carbonyl (C=O) groups is 1. The minimum Gasteiger partial charge on any atom is -0.291 e. The Bertz CT molecular complexity index is 770. The fourth-order valence-corrected chi connectivity index (χ4v) is 3.44. The second-order valence-corrected chi connectivity index (χ2v) is 6.93. The summed E-state index contributed by atoms with van der Waals surface area (Å²) >= 11 is 5.94. The number of carbonyl (C=O) groups excluding carboxylic acids is 1. The number of amidine groups is 1. The van der Waals surface area contributed by atoms with E-state index in [9.17, 15) is 4.79 Å². The highest BCUT2D eigenvalue weighted by Gasteiger charge is 2.45. The molecule has 124 valence electrons. The zero-order chi connectivity index (χ0) is 17.3. The third kappa shape index (κ3) is 3.09. The molecule has 0 saturated heterocycles. The maximum absolute atomic E-state index is 13.1. The number of hydrogen-bond acceptors (Lipinski definition) is 2. The molecule has 24 heavy (non-hydrogen) atoms. The van der Waals surface area contributed by atoms with E-state index in [-0.39, 0.29) is 11.9 Å². The first kappa shape index (κ1) is 16.7. The number of benzene rings is 2. The molecule has 0 spiro atoms. The number of halogens is 1. The van der Waals surface area contributed by atoms with Crippen LogP contribution in [0.3, 0.4) is 0 Å². The van der Waals surface area contributed by atoms with Gasteiger partial charge in [0.2, 0.25) is 0 Å². The van der Waals surface area contributed by atoms with Crippen molar-refractivity contribution in [2.24, 2.45) is 4.99 Å². The van der Waals surface area contributed by atoms with Crippen LogP contribution in [-0.2, 0) is 11.2 Å². The molecule has 2 aromatic carbocycles. The average molecular weight is 341 g/mol. The van der Waals surface area contributed by atoms with Gasteiger partial charge in [0.25, 0.3) is 5.91 Å². The van der Waals surface area contributed by atoms with Crippen molar-refractivity contribution in [3.05, 3.63) is 70.7 Å². The summed E-state index contributed by atoms with van der Waals surface area (Å²) in [6, 6.07) is 17.6. The van der Waals surface area contributed by atoms with E-state index in [0.29, 0.717) is 11.4 Å². The van der Waals surface area contributed by atoms with E-state index in [1.807, 2.05) is 80.3 Å². The zero-order valence-corrected chi connectivity index (χ0v) is 14.9. The van der Waals surface area contributed by atoms with Crippen molar-refractivity contribution in [2.45, 2.75) is 38.8 Å². The van der Waals surface area contributed by atoms with E-state index in [0.717, 1.165) is 17.0 Å². The summed E-state index contributed by atoms with van der Waals surface area (Å²) in [6.45, 7) is 5.86. The summed E-state index contributed by atoms with van der Waals surface area (Å²) in [5.41, 5.74) is 1.40. The number of rotatable bonds is 4. The van der Waals surface area contributed by atoms with Gasteiger partial charge in [0.1, 0.15) is 11.4 Å². The maximum Gasteiger partial charge on any atom is 0.256 e. The summed E-state index contributed by atoms with van der Waals surface area (Å²) in [6.07, 6.45) is 0.568. The average Bonchev–Trinajstić information content (AvgIpc) is 2.79. The van der Waals surface area contributed by atoms with Crippen LogP contribution in [0.15, 0.2) is 59.6 Å². The highest BCUT2D eigenvalue weighted by molar-refractivity contribution is 6.30. The first-order valence-corrected chi connectivity index (χ1v) is 8.48. The first-order valence-electron chi connectivity index (χ1n) is 8.10. The Kier molecular flexibility index (Phi) is 4.46. The van der Waals surface area contributed by atoms with Crippen LogP contribution in [0.2, 0.25) is 5.02 Å². The topological polar surface area (TPSA) is 32.7 Å². The Labute approximate surface area is 148 Å². The smallest absolute Gasteiger partial charge is 0.256 e. The van der Waals surface area contributed by atoms with Gasteiger partial charge in [-0.15, -0.1) is 0 Å². The van der Waals surface area contributed by atoms with Crippen LogP contribution in [0, 0.1) is 0 Å². The van der Waals surface area contributed by atoms with Crippen molar-refractivity contribution < 1.29 is 4.79 Å². The lowest BCUT2D eigenvalue weighted by Crippen LogP contribution is -2.42. The third-order valence-corrected chi connectivity index (χ3v) is 4.82. The van der Waals surface area contributed by atoms with Crippen molar-refractivity contribution in [3.63, 3.8) is 0 Å². The van der Waals surface area contributed by atoms with E-state index in [4.69, 9.17) is 16.6 Å². The summed E-state index contributed by atoms with van der Waals surface area (Å²) < 4.78 is 0. The normalized spacial score (nSPS) is 21.8. The van der Waals surface area contributed by atoms with Gasteiger partial charge < -0.3 is 0 Å². The van der Waals surface area contributed by atoms with E-state index in [1.54, 1.807) is 0 Å². The van der Waals surface area contributed by atoms with E-state index in [1.165, 1.54) is 0 Å². The van der Waals surface area contributed by atoms with Gasteiger partial charge in [-0.2, -0.15) is 0 Å². The van der Waals surface area contributed by atoms with Crippen LogP contribution in [0.4, 0.5) is 0 Å². The molecule has 2 aromatic rings. The Morgan fingerprint density at radius 3 is 2.38 bits per heavy atom. The quantitative estimate of drug-likeness (QED) is 0.796. The molecule has 0 fully saturated rings. The van der Waals surface area contributed by atoms with E-state index in [2.05, 4.69) is 0 Å². The summed E-state index contributed by atoms with van der Waals surface area (Å²) in [5, 5.41) is 0.695. The summed E-state index contributed by atoms with van der Waals surface area (Å²) in [7, 11) is 0. The first-order chi connectivity index (χ1) is 11.4. The molecule has 0 bridgehead atoms. The molecular formula is C20H21ClN2O. The van der Waals surface area contributed by atoms with Gasteiger partial charge in [-0.1, -0.05) is 54.1 Å². The van der Waals surface area contributed by atoms with Gasteiger partial charge in [-0.3, -0.25) is 14.7 Å². The third-order valence-electron chi connectivity index (χ3n) is 4.57. The largest absolute Gasteiger partial charge is 0.291 e. The maximum atomic E-state index is 13.1. The van der Waals surface area contributed by atoms with Gasteiger partial charge in [-0.05, 0) is 44.0 Å². The van der Waals surface area contributed by atoms with Crippen LogP contribution < -0.4 is 0 Å². The minimum absolute atomic E-state index is 0.0329. The molecule has 1 aliphatic rings. The SMILES string of the molecule is CC1=NC(C)(Cc2ccc(Cl)cc2)C(=O)N1C(C)c1ccccc1. The molecule has 1 aliphatic heterocycles. The molecular weight excluding hydrogens is 320 g/mol. The Morgan fingerprint density at radius 1 is 1.12 bits per heavy atom. The lowest BCUT2D eigenvalue weighted by Gasteiger charge is -2.28. The fourth-order valence-electron chi connectivity index (χ4n) is 3.32. The predicted molar refractivity (Wildman–Crippen MR) is 98.4 cm³/mol. The molecule has 3 nitrogen and oxygen atoms in total. The lowest BCUT2D eigenvalue weighted by molar-refractivity contribution is -0.132. The molecule has 0 radical (unpaired) electrons. The van der Waals surface area contributed by atoms with Crippen molar-refractivity contribution in [2.75, 3.05) is 0 Å². The van der Waals surface area contributed by atoms with E-state index >= 15 is 0 Å². The number of aliphatic imine (C=N–C) groups is 1. The molecule has 4 heteroatoms. The van der Waals surface area contributed by atoms with Gasteiger partial charge in [0.15, 0.2) is 0 Å². The number of nitrogens with zero attached hydrogens (tertiary/aromatic N) is 2. The van der Waals surface area contributed by atoms with Crippen molar-refractivity contribution >= 4 is 23.3 Å². The highest BCUT2D eigenvalue weighted by Crippen LogP contribution is 2.33. The van der Waals surface area contributed by atoms with Crippen LogP contribution in [0.1, 0.15) is 37.9 Å². The van der Waals surface area contributed by atoms with Gasteiger partial charge >= 0.3 is 0 Å². The van der Waals surface area contributed by atoms with Crippen molar-refractivity contribution in [1.82, 2.24) is 4.90 Å². The van der Waals surface area contributed by atoms with Crippen LogP contribution >= 0.6 is 11.6 Å².